The molecule has 0 radical (unpaired) electrons. The zero-order valence-electron chi connectivity index (χ0n) is 19.9. The summed E-state index contributed by atoms with van der Waals surface area (Å²) in [5, 5.41) is 12.1. The number of rotatable bonds is 10. The molecule has 0 spiro atoms. The minimum atomic E-state index is -1.01. The Hall–Kier alpha value is -3.00. The first-order chi connectivity index (χ1) is 17.0. The van der Waals surface area contributed by atoms with E-state index >= 15 is 0 Å². The molecule has 186 valence electrons. The Bertz CT molecular complexity index is 1030. The minimum absolute atomic E-state index is 0.00466. The highest BCUT2D eigenvalue weighted by Crippen LogP contribution is 2.44. The first-order valence-corrected chi connectivity index (χ1v) is 13.5. The predicted molar refractivity (Wildman–Crippen MR) is 137 cm³/mol. The normalized spacial score (nSPS) is 18.5. The van der Waals surface area contributed by atoms with E-state index in [0.29, 0.717) is 25.3 Å². The third kappa shape index (κ3) is 5.81. The van der Waals surface area contributed by atoms with Crippen LogP contribution in [-0.4, -0.2) is 66.2 Å². The van der Waals surface area contributed by atoms with E-state index in [0.717, 1.165) is 24.0 Å². The number of amides is 2. The smallest absolute Gasteiger partial charge is 0.407 e. The molecule has 4 rings (SSSR count). The van der Waals surface area contributed by atoms with Crippen LogP contribution in [0, 0.1) is 11.8 Å². The molecular formula is C27H32N2O5S. The van der Waals surface area contributed by atoms with Crippen LogP contribution in [0.25, 0.3) is 11.1 Å². The summed E-state index contributed by atoms with van der Waals surface area (Å²) in [5.41, 5.74) is 4.67. The lowest BCUT2D eigenvalue weighted by Gasteiger charge is -2.27. The fourth-order valence-corrected chi connectivity index (χ4v) is 5.74. The highest BCUT2D eigenvalue weighted by molar-refractivity contribution is 7.98. The van der Waals surface area contributed by atoms with Gasteiger partial charge in [-0.2, -0.15) is 11.8 Å². The van der Waals surface area contributed by atoms with Gasteiger partial charge in [0.15, 0.2) is 0 Å². The van der Waals surface area contributed by atoms with Crippen LogP contribution < -0.4 is 5.32 Å². The van der Waals surface area contributed by atoms with Crippen LogP contribution in [0.4, 0.5) is 4.79 Å². The van der Waals surface area contributed by atoms with E-state index in [4.69, 9.17) is 4.74 Å². The fourth-order valence-electron chi connectivity index (χ4n) is 5.34. The summed E-state index contributed by atoms with van der Waals surface area (Å²) in [5.74, 6) is -0.744. The Kier molecular flexibility index (Phi) is 8.33. The monoisotopic (exact) mass is 496 g/mol. The first-order valence-electron chi connectivity index (χ1n) is 12.1. The molecule has 2 aliphatic carbocycles. The second-order valence-corrected chi connectivity index (χ2v) is 10.1. The van der Waals surface area contributed by atoms with Crippen molar-refractivity contribution in [3.63, 3.8) is 0 Å². The number of carbonyl (C=O) groups excluding carboxylic acids is 2. The van der Waals surface area contributed by atoms with Crippen LogP contribution in [0.15, 0.2) is 48.5 Å². The van der Waals surface area contributed by atoms with E-state index < -0.39 is 12.1 Å². The predicted octanol–water partition coefficient (Wildman–Crippen LogP) is 4.22. The van der Waals surface area contributed by atoms with Crippen molar-refractivity contribution in [2.24, 2.45) is 11.8 Å². The van der Waals surface area contributed by atoms with Crippen molar-refractivity contribution in [1.29, 1.82) is 0 Å². The number of carboxylic acid groups (broad SMARTS) is 1. The Morgan fingerprint density at radius 1 is 1.06 bits per heavy atom. The quantitative estimate of drug-likeness (QED) is 0.511. The van der Waals surface area contributed by atoms with Gasteiger partial charge < -0.3 is 20.1 Å². The molecule has 2 atom stereocenters. The highest BCUT2D eigenvalue weighted by atomic mass is 32.2. The van der Waals surface area contributed by atoms with Gasteiger partial charge in [-0.15, -0.1) is 0 Å². The molecule has 0 bridgehead atoms. The molecule has 2 unspecified atom stereocenters. The maximum absolute atomic E-state index is 13.1. The second-order valence-electron chi connectivity index (χ2n) is 9.15. The number of aliphatic carboxylic acids is 1. The lowest BCUT2D eigenvalue weighted by molar-refractivity contribution is -0.146. The molecule has 0 aromatic heterocycles. The number of ether oxygens (including phenoxy) is 1. The number of nitrogens with zero attached hydrogens (tertiary/aromatic N) is 1. The van der Waals surface area contributed by atoms with Crippen LogP contribution in [0.2, 0.25) is 0 Å². The van der Waals surface area contributed by atoms with Gasteiger partial charge in [-0.05, 0) is 47.3 Å². The topological polar surface area (TPSA) is 95.9 Å². The lowest BCUT2D eigenvalue weighted by Crippen LogP contribution is -2.43. The van der Waals surface area contributed by atoms with Crippen molar-refractivity contribution >= 4 is 29.7 Å². The van der Waals surface area contributed by atoms with Crippen molar-refractivity contribution in [3.05, 3.63) is 59.7 Å². The van der Waals surface area contributed by atoms with E-state index in [-0.39, 0.29) is 36.8 Å². The Labute approximate surface area is 210 Å². The maximum Gasteiger partial charge on any atom is 0.407 e. The van der Waals surface area contributed by atoms with Gasteiger partial charge in [0.2, 0.25) is 5.91 Å². The van der Waals surface area contributed by atoms with E-state index in [2.05, 4.69) is 29.6 Å². The van der Waals surface area contributed by atoms with Crippen molar-refractivity contribution in [3.8, 4) is 11.1 Å². The van der Waals surface area contributed by atoms with Gasteiger partial charge in [-0.3, -0.25) is 9.59 Å². The van der Waals surface area contributed by atoms with E-state index in [1.165, 1.54) is 16.0 Å². The minimum Gasteiger partial charge on any atom is -0.480 e. The molecule has 7 nitrogen and oxygen atoms in total. The standard InChI is InChI=1S/C27H32N2O5S/c1-35-14-13-29(16-25(30)31)26(32)19-12-6-7-18(19)15-28-27(33)34-17-24-22-10-4-2-8-20(22)21-9-3-5-11-23(21)24/h2-5,8-11,18-19,24H,6-7,12-17H2,1H3,(H,28,33)(H,30,31). The van der Waals surface area contributed by atoms with Crippen molar-refractivity contribution in [1.82, 2.24) is 10.2 Å². The fraction of sp³-hybridized carbons (Fsp3) is 0.444. The van der Waals surface area contributed by atoms with Gasteiger partial charge in [-0.1, -0.05) is 55.0 Å². The summed E-state index contributed by atoms with van der Waals surface area (Å²) in [7, 11) is 0. The summed E-state index contributed by atoms with van der Waals surface area (Å²) >= 11 is 1.58. The SMILES string of the molecule is CSCCN(CC(=O)O)C(=O)C1CCCC1CNC(=O)OCC1c2ccccc2-c2ccccc21. The lowest BCUT2D eigenvalue weighted by atomic mass is 9.94. The second kappa shape index (κ2) is 11.6. The number of nitrogens with one attached hydrogen (secondary N) is 1. The van der Waals surface area contributed by atoms with Gasteiger partial charge in [0.1, 0.15) is 13.2 Å². The number of alkyl carbamates (subject to hydrolysis) is 1. The van der Waals surface area contributed by atoms with Crippen molar-refractivity contribution in [2.45, 2.75) is 25.2 Å². The molecule has 35 heavy (non-hydrogen) atoms. The third-order valence-corrected chi connectivity index (χ3v) is 7.62. The molecule has 0 aliphatic heterocycles. The Balaban J connectivity index is 1.32. The van der Waals surface area contributed by atoms with Crippen LogP contribution >= 0.6 is 11.8 Å². The molecule has 1 fully saturated rings. The van der Waals surface area contributed by atoms with Gasteiger partial charge in [0.25, 0.3) is 0 Å². The molecule has 1 saturated carbocycles. The molecule has 2 N–H and O–H groups in total. The van der Waals surface area contributed by atoms with Gasteiger partial charge >= 0.3 is 12.1 Å². The Morgan fingerprint density at radius 3 is 2.34 bits per heavy atom. The van der Waals surface area contributed by atoms with Crippen LogP contribution in [0.5, 0.6) is 0 Å². The number of thioether (sulfide) groups is 1. The molecule has 2 amide bonds. The molecule has 0 heterocycles. The van der Waals surface area contributed by atoms with E-state index in [1.54, 1.807) is 11.8 Å². The zero-order valence-corrected chi connectivity index (χ0v) is 20.8. The Morgan fingerprint density at radius 2 is 1.71 bits per heavy atom. The van der Waals surface area contributed by atoms with Crippen LogP contribution in [0.3, 0.4) is 0 Å². The highest BCUT2D eigenvalue weighted by Gasteiger charge is 2.36. The number of hydrogen-bond acceptors (Lipinski definition) is 5. The summed E-state index contributed by atoms with van der Waals surface area (Å²) < 4.78 is 5.62. The number of carboxylic acids is 1. The van der Waals surface area contributed by atoms with Crippen molar-refractivity contribution in [2.75, 3.05) is 38.2 Å². The van der Waals surface area contributed by atoms with Gasteiger partial charge in [0, 0.05) is 30.7 Å². The van der Waals surface area contributed by atoms with Gasteiger partial charge in [-0.25, -0.2) is 4.79 Å². The van der Waals surface area contributed by atoms with E-state index in [1.807, 2.05) is 30.5 Å². The number of benzene rings is 2. The third-order valence-electron chi connectivity index (χ3n) is 7.03. The summed E-state index contributed by atoms with van der Waals surface area (Å²) in [4.78, 5) is 38.3. The number of carbonyl (C=O) groups is 3. The van der Waals surface area contributed by atoms with Crippen LogP contribution in [-0.2, 0) is 14.3 Å². The van der Waals surface area contributed by atoms with Crippen LogP contribution in [0.1, 0.15) is 36.3 Å². The number of hydrogen-bond donors (Lipinski definition) is 2. The average Bonchev–Trinajstić information content (AvgIpc) is 3.46. The molecule has 2 aliphatic rings. The summed E-state index contributed by atoms with van der Waals surface area (Å²) in [6, 6.07) is 16.4. The summed E-state index contributed by atoms with van der Waals surface area (Å²) in [6.07, 6.45) is 3.86. The average molecular weight is 497 g/mol. The molecule has 8 heteroatoms. The molecule has 0 saturated heterocycles. The zero-order chi connectivity index (χ0) is 24.8. The summed E-state index contributed by atoms with van der Waals surface area (Å²) in [6.45, 7) is 0.711. The maximum atomic E-state index is 13.1. The molecule has 2 aromatic carbocycles. The van der Waals surface area contributed by atoms with E-state index in [9.17, 15) is 19.5 Å². The first kappa shape index (κ1) is 25.1. The number of fused-ring (bicyclic) bond motifs is 3. The molecular weight excluding hydrogens is 464 g/mol. The molecule has 2 aromatic rings. The van der Waals surface area contributed by atoms with Gasteiger partial charge in [0.05, 0.1) is 0 Å². The largest absolute Gasteiger partial charge is 0.480 e. The van der Waals surface area contributed by atoms with Crippen molar-refractivity contribution < 1.29 is 24.2 Å².